The molecule has 1 fully saturated rings. The summed E-state index contributed by atoms with van der Waals surface area (Å²) in [5, 5.41) is 2.97. The normalized spacial score (nSPS) is 19.4. The predicted octanol–water partition coefficient (Wildman–Crippen LogP) is 1.30. The molecule has 19 heavy (non-hydrogen) atoms. The second kappa shape index (κ2) is 6.52. The van der Waals surface area contributed by atoms with Gasteiger partial charge in [-0.2, -0.15) is 0 Å². The van der Waals surface area contributed by atoms with Gasteiger partial charge in [0.1, 0.15) is 5.56 Å². The number of nitrogens with one attached hydrogen (secondary N) is 1. The first kappa shape index (κ1) is 13.8. The van der Waals surface area contributed by atoms with Crippen LogP contribution in [0.5, 0.6) is 5.88 Å². The van der Waals surface area contributed by atoms with Crippen LogP contribution in [0, 0.1) is 0 Å². The van der Waals surface area contributed by atoms with Gasteiger partial charge in [0.15, 0.2) is 0 Å². The van der Waals surface area contributed by atoms with Crippen molar-refractivity contribution in [1.82, 2.24) is 15.2 Å². The Hall–Kier alpha value is -1.62. The van der Waals surface area contributed by atoms with Gasteiger partial charge in [-0.05, 0) is 45.5 Å². The molecule has 0 bridgehead atoms. The molecule has 1 saturated heterocycles. The predicted molar refractivity (Wildman–Crippen MR) is 73.4 cm³/mol. The molecular weight excluding hydrogens is 242 g/mol. The molecule has 5 heteroatoms. The molecule has 0 radical (unpaired) electrons. The third-order valence-corrected chi connectivity index (χ3v) is 3.47. The Kier molecular flexibility index (Phi) is 4.74. The van der Waals surface area contributed by atoms with Crippen molar-refractivity contribution in [2.75, 3.05) is 26.7 Å². The van der Waals surface area contributed by atoms with Gasteiger partial charge in [0.25, 0.3) is 5.91 Å². The lowest BCUT2D eigenvalue weighted by Crippen LogP contribution is -2.38. The van der Waals surface area contributed by atoms with E-state index < -0.39 is 0 Å². The number of amides is 1. The maximum atomic E-state index is 12.2. The standard InChI is InChI=1S/C14H21N3O2/c1-3-19-14-12(7-4-8-15-14)13(18)16-10-11-6-5-9-17(11)2/h4,7-8,11H,3,5-6,9-10H2,1-2H3,(H,16,18)/t11-/m0/s1. The van der Waals surface area contributed by atoms with Gasteiger partial charge < -0.3 is 15.0 Å². The van der Waals surface area contributed by atoms with Crippen LogP contribution in [0.1, 0.15) is 30.1 Å². The van der Waals surface area contributed by atoms with E-state index in [4.69, 9.17) is 4.74 Å². The Morgan fingerprint density at radius 2 is 2.47 bits per heavy atom. The summed E-state index contributed by atoms with van der Waals surface area (Å²) in [6.07, 6.45) is 3.97. The van der Waals surface area contributed by atoms with E-state index in [9.17, 15) is 4.79 Å². The van der Waals surface area contributed by atoms with Crippen LogP contribution in [-0.4, -0.2) is 48.6 Å². The number of carbonyl (C=O) groups excluding carboxylic acids is 1. The van der Waals surface area contributed by atoms with Crippen molar-refractivity contribution in [1.29, 1.82) is 0 Å². The fourth-order valence-corrected chi connectivity index (χ4v) is 2.36. The van der Waals surface area contributed by atoms with Crippen molar-refractivity contribution in [2.24, 2.45) is 0 Å². The molecule has 1 amide bonds. The molecule has 1 aromatic heterocycles. The van der Waals surface area contributed by atoms with Crippen molar-refractivity contribution in [3.8, 4) is 5.88 Å². The summed E-state index contributed by atoms with van der Waals surface area (Å²) in [5.41, 5.74) is 0.505. The van der Waals surface area contributed by atoms with E-state index in [1.165, 1.54) is 6.42 Å². The number of aromatic nitrogens is 1. The van der Waals surface area contributed by atoms with E-state index in [2.05, 4.69) is 22.2 Å². The first-order valence-electron chi connectivity index (χ1n) is 6.78. The van der Waals surface area contributed by atoms with Crippen molar-refractivity contribution in [2.45, 2.75) is 25.8 Å². The second-order valence-electron chi connectivity index (χ2n) is 4.78. The minimum atomic E-state index is -0.114. The molecular formula is C14H21N3O2. The quantitative estimate of drug-likeness (QED) is 0.870. The first-order valence-corrected chi connectivity index (χ1v) is 6.78. The molecule has 1 aliphatic heterocycles. The van der Waals surface area contributed by atoms with Gasteiger partial charge in [0, 0.05) is 18.8 Å². The van der Waals surface area contributed by atoms with Crippen LogP contribution in [0.25, 0.3) is 0 Å². The lowest BCUT2D eigenvalue weighted by molar-refractivity contribution is 0.0939. The van der Waals surface area contributed by atoms with Crippen LogP contribution in [-0.2, 0) is 0 Å². The molecule has 1 aliphatic rings. The minimum Gasteiger partial charge on any atom is -0.477 e. The number of nitrogens with zero attached hydrogens (tertiary/aromatic N) is 2. The third-order valence-electron chi connectivity index (χ3n) is 3.47. The summed E-state index contributed by atoms with van der Waals surface area (Å²) >= 11 is 0. The zero-order chi connectivity index (χ0) is 13.7. The Balaban J connectivity index is 1.95. The Labute approximate surface area is 114 Å². The molecule has 0 unspecified atom stereocenters. The number of hydrogen-bond donors (Lipinski definition) is 1. The van der Waals surface area contributed by atoms with Gasteiger partial charge in [-0.3, -0.25) is 4.79 Å². The average Bonchev–Trinajstić information content (AvgIpc) is 2.82. The molecule has 0 aromatic carbocycles. The fourth-order valence-electron chi connectivity index (χ4n) is 2.36. The number of likely N-dealkylation sites (tertiary alicyclic amines) is 1. The Morgan fingerprint density at radius 1 is 1.63 bits per heavy atom. The second-order valence-corrected chi connectivity index (χ2v) is 4.78. The van der Waals surface area contributed by atoms with Gasteiger partial charge in [-0.15, -0.1) is 0 Å². The summed E-state index contributed by atoms with van der Waals surface area (Å²) in [5.74, 6) is 0.291. The molecule has 0 spiro atoms. The van der Waals surface area contributed by atoms with E-state index >= 15 is 0 Å². The highest BCUT2D eigenvalue weighted by molar-refractivity contribution is 5.96. The summed E-state index contributed by atoms with van der Waals surface area (Å²) in [7, 11) is 2.10. The number of hydrogen-bond acceptors (Lipinski definition) is 4. The third kappa shape index (κ3) is 3.44. The summed E-state index contributed by atoms with van der Waals surface area (Å²) in [6, 6.07) is 3.93. The largest absolute Gasteiger partial charge is 0.477 e. The van der Waals surface area contributed by atoms with Crippen LogP contribution in [0.2, 0.25) is 0 Å². The molecule has 0 aliphatic carbocycles. The maximum Gasteiger partial charge on any atom is 0.256 e. The van der Waals surface area contributed by atoms with E-state index in [0.29, 0.717) is 30.6 Å². The fraction of sp³-hybridized carbons (Fsp3) is 0.571. The number of pyridine rings is 1. The van der Waals surface area contributed by atoms with Gasteiger partial charge >= 0.3 is 0 Å². The first-order chi connectivity index (χ1) is 9.22. The zero-order valence-corrected chi connectivity index (χ0v) is 11.6. The minimum absolute atomic E-state index is 0.114. The number of likely N-dealkylation sites (N-methyl/N-ethyl adjacent to an activating group) is 1. The van der Waals surface area contributed by atoms with Gasteiger partial charge in [0.05, 0.1) is 6.61 Å². The Morgan fingerprint density at radius 3 is 3.16 bits per heavy atom. The van der Waals surface area contributed by atoms with Crippen molar-refractivity contribution < 1.29 is 9.53 Å². The molecule has 2 heterocycles. The van der Waals surface area contributed by atoms with Crippen LogP contribution in [0.15, 0.2) is 18.3 Å². The molecule has 2 rings (SSSR count). The highest BCUT2D eigenvalue weighted by atomic mass is 16.5. The highest BCUT2D eigenvalue weighted by Gasteiger charge is 2.22. The molecule has 1 N–H and O–H groups in total. The van der Waals surface area contributed by atoms with Crippen LogP contribution in [0.4, 0.5) is 0 Å². The van der Waals surface area contributed by atoms with Crippen molar-refractivity contribution in [3.63, 3.8) is 0 Å². The maximum absolute atomic E-state index is 12.2. The van der Waals surface area contributed by atoms with Gasteiger partial charge in [0.2, 0.25) is 5.88 Å². The summed E-state index contributed by atoms with van der Waals surface area (Å²) in [4.78, 5) is 18.5. The van der Waals surface area contributed by atoms with Crippen molar-refractivity contribution >= 4 is 5.91 Å². The van der Waals surface area contributed by atoms with Crippen molar-refractivity contribution in [3.05, 3.63) is 23.9 Å². The molecule has 1 aromatic rings. The lowest BCUT2D eigenvalue weighted by Gasteiger charge is -2.19. The van der Waals surface area contributed by atoms with E-state index in [1.807, 2.05) is 6.92 Å². The van der Waals surface area contributed by atoms with E-state index in [0.717, 1.165) is 13.0 Å². The summed E-state index contributed by atoms with van der Waals surface area (Å²) in [6.45, 7) is 4.17. The van der Waals surface area contributed by atoms with Crippen LogP contribution >= 0.6 is 0 Å². The van der Waals surface area contributed by atoms with Gasteiger partial charge in [-0.1, -0.05) is 0 Å². The smallest absolute Gasteiger partial charge is 0.256 e. The number of carbonyl (C=O) groups is 1. The van der Waals surface area contributed by atoms with Crippen LogP contribution < -0.4 is 10.1 Å². The monoisotopic (exact) mass is 263 g/mol. The average molecular weight is 263 g/mol. The topological polar surface area (TPSA) is 54.5 Å². The molecule has 1 atom stereocenters. The number of ether oxygens (including phenoxy) is 1. The Bertz CT molecular complexity index is 436. The molecule has 0 saturated carbocycles. The zero-order valence-electron chi connectivity index (χ0n) is 11.6. The van der Waals surface area contributed by atoms with Crippen LogP contribution in [0.3, 0.4) is 0 Å². The SMILES string of the molecule is CCOc1ncccc1C(=O)NC[C@@H]1CCCN1C. The summed E-state index contributed by atoms with van der Waals surface area (Å²) < 4.78 is 5.37. The van der Waals surface area contributed by atoms with E-state index in [-0.39, 0.29) is 5.91 Å². The lowest BCUT2D eigenvalue weighted by atomic mass is 10.2. The number of rotatable bonds is 5. The highest BCUT2D eigenvalue weighted by Crippen LogP contribution is 2.16. The van der Waals surface area contributed by atoms with E-state index in [1.54, 1.807) is 18.3 Å². The molecule has 104 valence electrons. The van der Waals surface area contributed by atoms with Gasteiger partial charge in [-0.25, -0.2) is 4.98 Å². The molecule has 5 nitrogen and oxygen atoms in total.